The predicted molar refractivity (Wildman–Crippen MR) is 73.9 cm³/mol. The highest BCUT2D eigenvalue weighted by Gasteiger charge is 2.32. The molecule has 2 N–H and O–H groups in total. The highest BCUT2D eigenvalue weighted by Crippen LogP contribution is 2.42. The largest absolute Gasteiger partial charge is 0.324 e. The molecule has 3 heteroatoms. The van der Waals surface area contributed by atoms with E-state index >= 15 is 0 Å². The molecule has 1 fully saturated rings. The molecule has 0 aliphatic heterocycles. The average molecular weight is 247 g/mol. The van der Waals surface area contributed by atoms with Gasteiger partial charge >= 0.3 is 0 Å². The Bertz CT molecular complexity index is 361. The van der Waals surface area contributed by atoms with E-state index in [1.165, 1.54) is 25.7 Å². The van der Waals surface area contributed by atoms with Crippen LogP contribution in [0.25, 0.3) is 0 Å². The maximum atomic E-state index is 6.34. The van der Waals surface area contributed by atoms with Crippen molar-refractivity contribution < 1.29 is 0 Å². The van der Waals surface area contributed by atoms with Gasteiger partial charge in [0.2, 0.25) is 0 Å². The zero-order valence-corrected chi connectivity index (χ0v) is 11.8. The summed E-state index contributed by atoms with van der Waals surface area (Å²) < 4.78 is 0. The van der Waals surface area contributed by atoms with E-state index < -0.39 is 0 Å². The summed E-state index contributed by atoms with van der Waals surface area (Å²) >= 11 is 0. The molecule has 0 saturated heterocycles. The molecule has 1 saturated carbocycles. The lowest BCUT2D eigenvalue weighted by Crippen LogP contribution is -2.30. The van der Waals surface area contributed by atoms with Gasteiger partial charge in [0.05, 0.1) is 0 Å². The van der Waals surface area contributed by atoms with Crippen LogP contribution in [0.15, 0.2) is 18.7 Å². The second-order valence-corrected chi connectivity index (χ2v) is 6.68. The second-order valence-electron chi connectivity index (χ2n) is 6.68. The molecular formula is C15H25N3. The van der Waals surface area contributed by atoms with Crippen molar-refractivity contribution in [2.45, 2.75) is 52.5 Å². The smallest absolute Gasteiger partial charge is 0.115 e. The summed E-state index contributed by atoms with van der Waals surface area (Å²) in [4.78, 5) is 8.13. The molecule has 1 heterocycles. The third-order valence-electron chi connectivity index (χ3n) is 4.47. The Balaban J connectivity index is 1.94. The number of nitrogens with two attached hydrogens (primary N) is 1. The summed E-state index contributed by atoms with van der Waals surface area (Å²) in [6, 6.07) is 0.104. The molecule has 0 aromatic carbocycles. The van der Waals surface area contributed by atoms with Gasteiger partial charge in [-0.2, -0.15) is 0 Å². The van der Waals surface area contributed by atoms with Crippen molar-refractivity contribution in [2.75, 3.05) is 0 Å². The maximum Gasteiger partial charge on any atom is 0.115 e. The summed E-state index contributed by atoms with van der Waals surface area (Å²) in [5.41, 5.74) is 7.86. The molecule has 2 rings (SSSR count). The number of hydrogen-bond acceptors (Lipinski definition) is 3. The van der Waals surface area contributed by atoms with E-state index in [9.17, 15) is 0 Å². The summed E-state index contributed by atoms with van der Waals surface area (Å²) in [5, 5.41) is 0. The van der Waals surface area contributed by atoms with Crippen LogP contribution in [0.2, 0.25) is 0 Å². The van der Waals surface area contributed by atoms with Crippen LogP contribution in [-0.2, 0) is 0 Å². The molecule has 100 valence electrons. The van der Waals surface area contributed by atoms with Crippen molar-refractivity contribution in [3.63, 3.8) is 0 Å². The van der Waals surface area contributed by atoms with Crippen LogP contribution < -0.4 is 5.73 Å². The van der Waals surface area contributed by atoms with Crippen LogP contribution in [0.1, 0.15) is 58.1 Å². The van der Waals surface area contributed by atoms with E-state index in [1.54, 1.807) is 6.33 Å². The molecule has 1 aromatic heterocycles. The topological polar surface area (TPSA) is 51.8 Å². The molecule has 1 unspecified atom stereocenters. The molecule has 0 amide bonds. The first-order valence-corrected chi connectivity index (χ1v) is 6.99. The van der Waals surface area contributed by atoms with Gasteiger partial charge in [-0.3, -0.25) is 0 Å². The first kappa shape index (κ1) is 13.5. The van der Waals surface area contributed by atoms with E-state index in [1.807, 2.05) is 12.4 Å². The highest BCUT2D eigenvalue weighted by molar-refractivity contribution is 5.10. The predicted octanol–water partition coefficient (Wildman–Crippen LogP) is 3.33. The minimum absolute atomic E-state index is 0.104. The first-order chi connectivity index (χ1) is 8.48. The molecule has 1 aliphatic carbocycles. The van der Waals surface area contributed by atoms with E-state index in [0.717, 1.165) is 11.5 Å². The Morgan fingerprint density at radius 2 is 1.67 bits per heavy atom. The molecular weight excluding hydrogens is 222 g/mol. The molecule has 1 atom stereocenters. The van der Waals surface area contributed by atoms with Gasteiger partial charge in [0, 0.05) is 24.0 Å². The second kappa shape index (κ2) is 5.35. The third kappa shape index (κ3) is 3.08. The van der Waals surface area contributed by atoms with E-state index in [4.69, 9.17) is 5.73 Å². The highest BCUT2D eigenvalue weighted by atomic mass is 14.8. The maximum absolute atomic E-state index is 6.34. The SMILES string of the molecule is CC(C)(C)C1CCC(C(N)c2cncnc2)CC1. The van der Waals surface area contributed by atoms with Crippen LogP contribution in [0.5, 0.6) is 0 Å². The van der Waals surface area contributed by atoms with Crippen molar-refractivity contribution in [3.8, 4) is 0 Å². The van der Waals surface area contributed by atoms with Gasteiger partial charge in [0.25, 0.3) is 0 Å². The summed E-state index contributed by atoms with van der Waals surface area (Å²) in [5.74, 6) is 1.43. The Morgan fingerprint density at radius 3 is 2.17 bits per heavy atom. The molecule has 0 radical (unpaired) electrons. The Kier molecular flexibility index (Phi) is 4.00. The van der Waals surface area contributed by atoms with E-state index in [2.05, 4.69) is 30.7 Å². The molecule has 1 aromatic rings. The summed E-state index contributed by atoms with van der Waals surface area (Å²) in [7, 11) is 0. The van der Waals surface area contributed by atoms with Crippen LogP contribution >= 0.6 is 0 Å². The fourth-order valence-electron chi connectivity index (χ4n) is 3.10. The van der Waals surface area contributed by atoms with Crippen LogP contribution in [0.4, 0.5) is 0 Å². The normalized spacial score (nSPS) is 26.9. The van der Waals surface area contributed by atoms with Crippen molar-refractivity contribution in [3.05, 3.63) is 24.3 Å². The minimum Gasteiger partial charge on any atom is -0.324 e. The van der Waals surface area contributed by atoms with Crippen molar-refractivity contribution in [1.82, 2.24) is 9.97 Å². The number of aromatic nitrogens is 2. The average Bonchev–Trinajstić information content (AvgIpc) is 2.38. The molecule has 0 spiro atoms. The van der Waals surface area contributed by atoms with Crippen LogP contribution in [0, 0.1) is 17.3 Å². The van der Waals surface area contributed by atoms with Gasteiger partial charge in [0.1, 0.15) is 6.33 Å². The fraction of sp³-hybridized carbons (Fsp3) is 0.733. The van der Waals surface area contributed by atoms with Crippen LogP contribution in [0.3, 0.4) is 0 Å². The van der Waals surface area contributed by atoms with Gasteiger partial charge in [0.15, 0.2) is 0 Å². The Morgan fingerprint density at radius 1 is 1.11 bits per heavy atom. The molecule has 3 nitrogen and oxygen atoms in total. The van der Waals surface area contributed by atoms with Crippen molar-refractivity contribution in [2.24, 2.45) is 23.0 Å². The van der Waals surface area contributed by atoms with Gasteiger partial charge in [-0.1, -0.05) is 20.8 Å². The molecule has 0 bridgehead atoms. The van der Waals surface area contributed by atoms with Gasteiger partial charge < -0.3 is 5.73 Å². The van der Waals surface area contributed by atoms with E-state index in [-0.39, 0.29) is 6.04 Å². The number of nitrogens with zero attached hydrogens (tertiary/aromatic N) is 2. The van der Waals surface area contributed by atoms with Crippen LogP contribution in [-0.4, -0.2) is 9.97 Å². The standard InChI is InChI=1S/C15H25N3/c1-15(2,3)13-6-4-11(5-7-13)14(16)12-8-17-10-18-9-12/h8-11,13-14H,4-7,16H2,1-3H3. The minimum atomic E-state index is 0.104. The third-order valence-corrected chi connectivity index (χ3v) is 4.47. The molecule has 1 aliphatic rings. The summed E-state index contributed by atoms with van der Waals surface area (Å²) in [6.07, 6.45) is 10.3. The van der Waals surface area contributed by atoms with E-state index in [0.29, 0.717) is 11.3 Å². The zero-order valence-electron chi connectivity index (χ0n) is 11.8. The summed E-state index contributed by atoms with van der Waals surface area (Å²) in [6.45, 7) is 7.05. The Labute approximate surface area is 110 Å². The zero-order chi connectivity index (χ0) is 13.2. The van der Waals surface area contributed by atoms with Crippen molar-refractivity contribution in [1.29, 1.82) is 0 Å². The first-order valence-electron chi connectivity index (χ1n) is 6.99. The number of rotatable bonds is 2. The fourth-order valence-corrected chi connectivity index (χ4v) is 3.10. The van der Waals surface area contributed by atoms with Gasteiger partial charge in [-0.25, -0.2) is 9.97 Å². The number of hydrogen-bond donors (Lipinski definition) is 1. The molecule has 18 heavy (non-hydrogen) atoms. The monoisotopic (exact) mass is 247 g/mol. The van der Waals surface area contributed by atoms with Gasteiger partial charge in [-0.15, -0.1) is 0 Å². The lowest BCUT2D eigenvalue weighted by atomic mass is 9.68. The Hall–Kier alpha value is -0.960. The van der Waals surface area contributed by atoms with Gasteiger partial charge in [-0.05, 0) is 42.9 Å². The lowest BCUT2D eigenvalue weighted by Gasteiger charge is -2.38. The lowest BCUT2D eigenvalue weighted by molar-refractivity contribution is 0.139. The van der Waals surface area contributed by atoms with Crippen molar-refractivity contribution >= 4 is 0 Å². The quantitative estimate of drug-likeness (QED) is 0.872.